The first kappa shape index (κ1) is 9.87. The van der Waals surface area contributed by atoms with Crippen molar-refractivity contribution in [2.24, 2.45) is 5.92 Å². The van der Waals surface area contributed by atoms with E-state index in [1.165, 1.54) is 0 Å². The molecule has 0 aliphatic heterocycles. The van der Waals surface area contributed by atoms with Gasteiger partial charge in [0.2, 0.25) is 0 Å². The molecule has 0 bridgehead atoms. The molecule has 0 radical (unpaired) electrons. The van der Waals surface area contributed by atoms with Crippen LogP contribution in [0.15, 0.2) is 11.8 Å². The van der Waals surface area contributed by atoms with Crippen molar-refractivity contribution in [1.29, 1.82) is 0 Å². The summed E-state index contributed by atoms with van der Waals surface area (Å²) in [7, 11) is 1.69. The van der Waals surface area contributed by atoms with Crippen LogP contribution in [0.5, 0.6) is 0 Å². The van der Waals surface area contributed by atoms with Crippen molar-refractivity contribution >= 4 is 11.8 Å². The number of allylic oxidation sites excluding steroid dienone is 1. The summed E-state index contributed by atoms with van der Waals surface area (Å²) in [6.07, 6.45) is 4.20. The maximum absolute atomic E-state index is 5.71. The van der Waals surface area contributed by atoms with Gasteiger partial charge >= 0.3 is 0 Å². The predicted octanol–water partition coefficient (Wildman–Crippen LogP) is 2.45. The van der Waals surface area contributed by atoms with Crippen LogP contribution in [0.2, 0.25) is 0 Å². The van der Waals surface area contributed by atoms with Crippen molar-refractivity contribution in [3.8, 4) is 0 Å². The molecule has 1 unspecified atom stereocenters. The van der Waals surface area contributed by atoms with E-state index < -0.39 is 0 Å². The highest BCUT2D eigenvalue weighted by molar-refractivity contribution is 6.14. The lowest BCUT2D eigenvalue weighted by Gasteiger charge is -2.17. The fraction of sp³-hybridized carbons (Fsp3) is 0.778. The molecule has 1 saturated carbocycles. The SMILES string of the molecule is C/C=C(\OC)C1(NCl)C[C@H]1CC. The zero-order valence-corrected chi connectivity index (χ0v) is 8.61. The second-order valence-corrected chi connectivity index (χ2v) is 3.42. The smallest absolute Gasteiger partial charge is 0.113 e. The van der Waals surface area contributed by atoms with E-state index in [0.29, 0.717) is 5.92 Å². The van der Waals surface area contributed by atoms with Gasteiger partial charge in [0.1, 0.15) is 5.76 Å². The van der Waals surface area contributed by atoms with Crippen molar-refractivity contribution in [1.82, 2.24) is 4.84 Å². The van der Waals surface area contributed by atoms with Crippen LogP contribution in [0, 0.1) is 5.92 Å². The first-order valence-corrected chi connectivity index (χ1v) is 4.71. The van der Waals surface area contributed by atoms with E-state index in [9.17, 15) is 0 Å². The minimum absolute atomic E-state index is 0.0696. The summed E-state index contributed by atoms with van der Waals surface area (Å²) in [5.74, 6) is 1.59. The van der Waals surface area contributed by atoms with Crippen LogP contribution in [0.4, 0.5) is 0 Å². The molecule has 0 aromatic rings. The minimum Gasteiger partial charge on any atom is -0.499 e. The van der Waals surface area contributed by atoms with Crippen LogP contribution in [0.1, 0.15) is 26.7 Å². The number of methoxy groups -OCH3 is 1. The normalized spacial score (nSPS) is 35.0. The average molecular weight is 190 g/mol. The summed E-state index contributed by atoms with van der Waals surface area (Å²) >= 11 is 5.71. The van der Waals surface area contributed by atoms with E-state index in [2.05, 4.69) is 11.8 Å². The lowest BCUT2D eigenvalue weighted by Crippen LogP contribution is -2.29. The van der Waals surface area contributed by atoms with Crippen LogP contribution >= 0.6 is 11.8 Å². The molecule has 2 atom stereocenters. The maximum Gasteiger partial charge on any atom is 0.113 e. The molecular weight excluding hydrogens is 174 g/mol. The van der Waals surface area contributed by atoms with E-state index in [1.807, 2.05) is 13.0 Å². The number of hydrogen-bond acceptors (Lipinski definition) is 2. The number of hydrogen-bond donors (Lipinski definition) is 1. The number of ether oxygens (including phenoxy) is 1. The molecule has 0 amide bonds. The Balaban J connectivity index is 2.70. The van der Waals surface area contributed by atoms with Crippen LogP contribution in [0.25, 0.3) is 0 Å². The van der Waals surface area contributed by atoms with E-state index in [-0.39, 0.29) is 5.54 Å². The van der Waals surface area contributed by atoms with Gasteiger partial charge in [0.25, 0.3) is 0 Å². The van der Waals surface area contributed by atoms with Gasteiger partial charge < -0.3 is 4.74 Å². The Kier molecular flexibility index (Phi) is 3.02. The third-order valence-electron chi connectivity index (χ3n) is 2.69. The van der Waals surface area contributed by atoms with E-state index >= 15 is 0 Å². The molecule has 1 aliphatic carbocycles. The highest BCUT2D eigenvalue weighted by atomic mass is 35.5. The molecule has 0 heterocycles. The molecule has 0 spiro atoms. The van der Waals surface area contributed by atoms with Gasteiger partial charge in [-0.15, -0.1) is 0 Å². The van der Waals surface area contributed by atoms with Crippen LogP contribution < -0.4 is 4.84 Å². The van der Waals surface area contributed by atoms with Crippen molar-refractivity contribution in [2.75, 3.05) is 7.11 Å². The van der Waals surface area contributed by atoms with E-state index in [0.717, 1.165) is 18.6 Å². The summed E-state index contributed by atoms with van der Waals surface area (Å²) < 4.78 is 5.26. The number of nitrogens with one attached hydrogen (secondary N) is 1. The van der Waals surface area contributed by atoms with Gasteiger partial charge in [-0.05, 0) is 37.1 Å². The molecule has 1 aliphatic rings. The van der Waals surface area contributed by atoms with Crippen LogP contribution in [0.3, 0.4) is 0 Å². The molecular formula is C9H16ClNO. The van der Waals surface area contributed by atoms with Gasteiger partial charge in [-0.25, -0.2) is 4.84 Å². The van der Waals surface area contributed by atoms with Gasteiger partial charge in [0.05, 0.1) is 12.6 Å². The summed E-state index contributed by atoms with van der Waals surface area (Å²) in [6.45, 7) is 4.14. The van der Waals surface area contributed by atoms with Gasteiger partial charge in [0, 0.05) is 0 Å². The molecule has 1 N–H and O–H groups in total. The second kappa shape index (κ2) is 3.67. The highest BCUT2D eigenvalue weighted by Crippen LogP contribution is 2.51. The molecule has 3 heteroatoms. The molecule has 0 saturated heterocycles. The topological polar surface area (TPSA) is 21.3 Å². The van der Waals surface area contributed by atoms with Crippen molar-refractivity contribution < 1.29 is 4.74 Å². The Morgan fingerprint density at radius 2 is 2.50 bits per heavy atom. The Bertz CT molecular complexity index is 193. The molecule has 2 nitrogen and oxygen atoms in total. The van der Waals surface area contributed by atoms with E-state index in [4.69, 9.17) is 16.5 Å². The molecule has 12 heavy (non-hydrogen) atoms. The summed E-state index contributed by atoms with van der Waals surface area (Å²) in [6, 6.07) is 0. The Morgan fingerprint density at radius 3 is 2.75 bits per heavy atom. The lowest BCUT2D eigenvalue weighted by molar-refractivity contribution is 0.246. The van der Waals surface area contributed by atoms with Gasteiger partial charge in [0.15, 0.2) is 0 Å². The standard InChI is InChI=1S/C9H16ClNO/c1-4-7-6-9(7,11-10)8(5-2)12-3/h5,7,11H,4,6H2,1-3H3/b8-5-/t7-,9?/m1/s1. The molecule has 0 aromatic carbocycles. The molecule has 0 aromatic heterocycles. The molecule has 1 fully saturated rings. The lowest BCUT2D eigenvalue weighted by atomic mass is 10.1. The first-order valence-electron chi connectivity index (χ1n) is 4.33. The fourth-order valence-corrected chi connectivity index (χ4v) is 2.17. The molecule has 70 valence electrons. The average Bonchev–Trinajstić information content (AvgIpc) is 2.82. The zero-order valence-electron chi connectivity index (χ0n) is 7.86. The first-order chi connectivity index (χ1) is 5.75. The quantitative estimate of drug-likeness (QED) is 0.542. The minimum atomic E-state index is -0.0696. The fourth-order valence-electron chi connectivity index (χ4n) is 1.84. The van der Waals surface area contributed by atoms with Crippen LogP contribution in [-0.4, -0.2) is 12.6 Å². The largest absolute Gasteiger partial charge is 0.499 e. The van der Waals surface area contributed by atoms with E-state index in [1.54, 1.807) is 7.11 Å². The molecule has 1 rings (SSSR count). The summed E-state index contributed by atoms with van der Waals surface area (Å²) in [4.78, 5) is 2.83. The predicted molar refractivity (Wildman–Crippen MR) is 50.9 cm³/mol. The highest BCUT2D eigenvalue weighted by Gasteiger charge is 2.56. The second-order valence-electron chi connectivity index (χ2n) is 3.23. The van der Waals surface area contributed by atoms with Crippen molar-refractivity contribution in [3.05, 3.63) is 11.8 Å². The maximum atomic E-state index is 5.71. The third kappa shape index (κ3) is 1.34. The Labute approximate surface area is 79.0 Å². The van der Waals surface area contributed by atoms with Crippen LogP contribution in [-0.2, 0) is 4.74 Å². The monoisotopic (exact) mass is 189 g/mol. The van der Waals surface area contributed by atoms with Gasteiger partial charge in [-0.1, -0.05) is 13.3 Å². The van der Waals surface area contributed by atoms with Gasteiger partial charge in [-0.3, -0.25) is 0 Å². The number of halogens is 1. The Morgan fingerprint density at radius 1 is 1.83 bits per heavy atom. The zero-order chi connectivity index (χ0) is 9.19. The Hall–Kier alpha value is -0.210. The van der Waals surface area contributed by atoms with Crippen molar-refractivity contribution in [2.45, 2.75) is 32.2 Å². The summed E-state index contributed by atoms with van der Waals surface area (Å²) in [5, 5.41) is 0. The number of rotatable bonds is 4. The van der Waals surface area contributed by atoms with Crippen molar-refractivity contribution in [3.63, 3.8) is 0 Å². The third-order valence-corrected chi connectivity index (χ3v) is 3.03. The summed E-state index contributed by atoms with van der Waals surface area (Å²) in [5.41, 5.74) is -0.0696. The van der Waals surface area contributed by atoms with Gasteiger partial charge in [-0.2, -0.15) is 0 Å².